The van der Waals surface area contributed by atoms with Gasteiger partial charge in [-0.25, -0.2) is 0 Å². The molecule has 0 radical (unpaired) electrons. The van der Waals surface area contributed by atoms with E-state index in [-0.39, 0.29) is 5.60 Å². The van der Waals surface area contributed by atoms with Crippen LogP contribution in [0.2, 0.25) is 0 Å². The first-order valence-corrected chi connectivity index (χ1v) is 6.19. The lowest BCUT2D eigenvalue weighted by atomic mass is 9.85. The summed E-state index contributed by atoms with van der Waals surface area (Å²) in [7, 11) is 0. The van der Waals surface area contributed by atoms with Crippen LogP contribution < -0.4 is 5.73 Å². The van der Waals surface area contributed by atoms with Gasteiger partial charge in [-0.2, -0.15) is 0 Å². The molecule has 16 heavy (non-hydrogen) atoms. The van der Waals surface area contributed by atoms with Crippen molar-refractivity contribution in [2.75, 3.05) is 6.61 Å². The van der Waals surface area contributed by atoms with Crippen LogP contribution in [0.15, 0.2) is 18.2 Å². The van der Waals surface area contributed by atoms with E-state index in [2.05, 4.69) is 25.1 Å². The van der Waals surface area contributed by atoms with Crippen molar-refractivity contribution < 1.29 is 4.74 Å². The molecule has 1 fully saturated rings. The van der Waals surface area contributed by atoms with E-state index in [9.17, 15) is 0 Å². The number of hydrogen-bond donors (Lipinski definition) is 1. The second-order valence-corrected chi connectivity index (χ2v) is 5.26. The van der Waals surface area contributed by atoms with Gasteiger partial charge in [-0.15, -0.1) is 0 Å². The van der Waals surface area contributed by atoms with Crippen molar-refractivity contribution in [3.8, 4) is 0 Å². The molecule has 1 heterocycles. The average Bonchev–Trinajstić information content (AvgIpc) is 2.58. The first-order valence-electron chi connectivity index (χ1n) is 6.19. The number of nitrogens with two attached hydrogens (primary N) is 1. The zero-order chi connectivity index (χ0) is 11.2. The number of rotatable bonds is 0. The fourth-order valence-electron chi connectivity index (χ4n) is 3.16. The summed E-state index contributed by atoms with van der Waals surface area (Å²) in [6.07, 6.45) is 4.24. The van der Waals surface area contributed by atoms with Crippen LogP contribution >= 0.6 is 0 Å². The number of fused-ring (bicyclic) bond motifs is 2. The summed E-state index contributed by atoms with van der Waals surface area (Å²) < 4.78 is 6.10. The Labute approximate surface area is 96.8 Å². The normalized spacial score (nSPS) is 33.0. The lowest BCUT2D eigenvalue weighted by Crippen LogP contribution is -2.41. The van der Waals surface area contributed by atoms with E-state index in [1.54, 1.807) is 0 Å². The highest BCUT2D eigenvalue weighted by atomic mass is 16.5. The van der Waals surface area contributed by atoms with E-state index in [1.165, 1.54) is 16.7 Å². The maximum Gasteiger partial charge on any atom is 0.0951 e. The molecule has 86 valence electrons. The Morgan fingerprint density at radius 3 is 3.12 bits per heavy atom. The first-order chi connectivity index (χ1) is 7.70. The van der Waals surface area contributed by atoms with Gasteiger partial charge in [0.05, 0.1) is 5.60 Å². The van der Waals surface area contributed by atoms with Crippen molar-refractivity contribution in [1.29, 1.82) is 0 Å². The van der Waals surface area contributed by atoms with Crippen molar-refractivity contribution in [3.63, 3.8) is 0 Å². The monoisotopic (exact) mass is 217 g/mol. The summed E-state index contributed by atoms with van der Waals surface area (Å²) in [4.78, 5) is 0. The largest absolute Gasteiger partial charge is 0.370 e. The second-order valence-electron chi connectivity index (χ2n) is 5.26. The lowest BCUT2D eigenvalue weighted by molar-refractivity contribution is -0.0885. The van der Waals surface area contributed by atoms with Crippen molar-refractivity contribution in [2.45, 2.75) is 44.2 Å². The van der Waals surface area contributed by atoms with Crippen LogP contribution in [0.3, 0.4) is 0 Å². The van der Waals surface area contributed by atoms with Gasteiger partial charge in [-0.05, 0) is 43.7 Å². The lowest BCUT2D eigenvalue weighted by Gasteiger charge is -2.38. The van der Waals surface area contributed by atoms with E-state index in [0.29, 0.717) is 6.04 Å². The van der Waals surface area contributed by atoms with Crippen LogP contribution in [0.5, 0.6) is 0 Å². The Kier molecular flexibility index (Phi) is 2.30. The smallest absolute Gasteiger partial charge is 0.0951 e. The molecule has 2 unspecified atom stereocenters. The highest BCUT2D eigenvalue weighted by Crippen LogP contribution is 2.45. The molecule has 1 saturated heterocycles. The Morgan fingerprint density at radius 1 is 1.44 bits per heavy atom. The van der Waals surface area contributed by atoms with Gasteiger partial charge in [0.1, 0.15) is 0 Å². The maximum absolute atomic E-state index is 6.10. The minimum atomic E-state index is -0.0565. The van der Waals surface area contributed by atoms with Gasteiger partial charge in [0.2, 0.25) is 0 Å². The fraction of sp³-hybridized carbons (Fsp3) is 0.571. The van der Waals surface area contributed by atoms with Gasteiger partial charge >= 0.3 is 0 Å². The summed E-state index contributed by atoms with van der Waals surface area (Å²) >= 11 is 0. The Hall–Kier alpha value is -0.860. The predicted octanol–water partition coefficient (Wildman–Crippen LogP) is 2.27. The van der Waals surface area contributed by atoms with Gasteiger partial charge in [0.15, 0.2) is 0 Å². The fourth-order valence-corrected chi connectivity index (χ4v) is 3.16. The van der Waals surface area contributed by atoms with E-state index in [4.69, 9.17) is 10.5 Å². The Morgan fingerprint density at radius 2 is 2.31 bits per heavy atom. The average molecular weight is 217 g/mol. The van der Waals surface area contributed by atoms with Crippen molar-refractivity contribution in [3.05, 3.63) is 34.9 Å². The molecule has 3 rings (SSSR count). The highest BCUT2D eigenvalue weighted by molar-refractivity contribution is 5.40. The summed E-state index contributed by atoms with van der Waals surface area (Å²) in [5.41, 5.74) is 10.2. The van der Waals surface area contributed by atoms with Crippen LogP contribution in [0, 0.1) is 6.92 Å². The summed E-state index contributed by atoms with van der Waals surface area (Å²) in [5, 5.41) is 0. The first kappa shape index (κ1) is 10.3. The summed E-state index contributed by atoms with van der Waals surface area (Å²) in [6.45, 7) is 2.96. The Bertz CT molecular complexity index is 411. The molecule has 0 saturated carbocycles. The van der Waals surface area contributed by atoms with Crippen molar-refractivity contribution in [1.82, 2.24) is 0 Å². The van der Waals surface area contributed by atoms with Crippen molar-refractivity contribution >= 4 is 0 Å². The minimum absolute atomic E-state index is 0.0565. The third kappa shape index (κ3) is 1.48. The summed E-state index contributed by atoms with van der Waals surface area (Å²) in [6, 6.07) is 7.05. The molecule has 2 nitrogen and oxygen atoms in total. The number of ether oxygens (including phenoxy) is 1. The molecule has 1 aliphatic carbocycles. The SMILES string of the molecule is Cc1ccc2c(c1)C1(CC2)CC(N)CCO1. The molecule has 0 aromatic heterocycles. The molecular formula is C14H19NO. The zero-order valence-electron chi connectivity index (χ0n) is 9.83. The van der Waals surface area contributed by atoms with E-state index in [0.717, 1.165) is 32.3 Å². The quantitative estimate of drug-likeness (QED) is 0.723. The summed E-state index contributed by atoms with van der Waals surface area (Å²) in [5.74, 6) is 0. The van der Waals surface area contributed by atoms with Gasteiger partial charge < -0.3 is 10.5 Å². The van der Waals surface area contributed by atoms with Gasteiger partial charge in [-0.1, -0.05) is 23.8 Å². The van der Waals surface area contributed by atoms with Gasteiger partial charge in [0, 0.05) is 12.6 Å². The highest BCUT2D eigenvalue weighted by Gasteiger charge is 2.42. The topological polar surface area (TPSA) is 35.2 Å². The molecule has 1 spiro atoms. The molecular weight excluding hydrogens is 198 g/mol. The number of benzene rings is 1. The van der Waals surface area contributed by atoms with Crippen LogP contribution in [-0.2, 0) is 16.8 Å². The van der Waals surface area contributed by atoms with E-state index in [1.807, 2.05) is 0 Å². The third-order valence-corrected chi connectivity index (χ3v) is 4.01. The van der Waals surface area contributed by atoms with Gasteiger partial charge in [0.25, 0.3) is 0 Å². The van der Waals surface area contributed by atoms with Gasteiger partial charge in [-0.3, -0.25) is 0 Å². The third-order valence-electron chi connectivity index (χ3n) is 4.01. The van der Waals surface area contributed by atoms with E-state index >= 15 is 0 Å². The van der Waals surface area contributed by atoms with Crippen LogP contribution in [0.1, 0.15) is 36.0 Å². The Balaban J connectivity index is 2.03. The number of aryl methyl sites for hydroxylation is 2. The number of hydrogen-bond acceptors (Lipinski definition) is 2. The molecule has 2 N–H and O–H groups in total. The van der Waals surface area contributed by atoms with Crippen molar-refractivity contribution in [2.24, 2.45) is 5.73 Å². The molecule has 2 heteroatoms. The predicted molar refractivity (Wildman–Crippen MR) is 64.3 cm³/mol. The minimum Gasteiger partial charge on any atom is -0.370 e. The zero-order valence-corrected chi connectivity index (χ0v) is 9.83. The molecule has 1 aromatic rings. The molecule has 0 amide bonds. The molecule has 0 bridgehead atoms. The van der Waals surface area contributed by atoms with Crippen LogP contribution in [0.4, 0.5) is 0 Å². The molecule has 1 aromatic carbocycles. The molecule has 2 aliphatic rings. The molecule has 2 atom stereocenters. The van der Waals surface area contributed by atoms with Crippen LogP contribution in [-0.4, -0.2) is 12.6 Å². The maximum atomic E-state index is 6.10. The molecule has 1 aliphatic heterocycles. The standard InChI is InChI=1S/C14H19NO/c1-10-2-3-11-4-6-14(13(11)8-10)9-12(15)5-7-16-14/h2-3,8,12H,4-7,9,15H2,1H3. The van der Waals surface area contributed by atoms with E-state index < -0.39 is 0 Å². The second kappa shape index (κ2) is 3.57. The van der Waals surface area contributed by atoms with Crippen LogP contribution in [0.25, 0.3) is 0 Å².